The molecule has 8 nitrogen and oxygen atoms in total. The van der Waals surface area contributed by atoms with Crippen molar-refractivity contribution in [1.29, 1.82) is 0 Å². The largest absolute Gasteiger partial charge is 0.497 e. The summed E-state index contributed by atoms with van der Waals surface area (Å²) >= 11 is 2.75. The van der Waals surface area contributed by atoms with Gasteiger partial charge in [-0.3, -0.25) is 9.59 Å². The number of carbonyl (C=O) groups excluding carboxylic acids is 2. The highest BCUT2D eigenvalue weighted by atomic mass is 32.1. The molecule has 5 rings (SSSR count). The van der Waals surface area contributed by atoms with Crippen molar-refractivity contribution in [3.8, 4) is 11.5 Å². The number of anilines is 2. The molecule has 0 radical (unpaired) electrons. The van der Waals surface area contributed by atoms with Crippen molar-refractivity contribution in [2.24, 2.45) is 5.92 Å². The highest BCUT2D eigenvalue weighted by Crippen LogP contribution is 2.33. The lowest BCUT2D eigenvalue weighted by molar-refractivity contribution is -0.125. The van der Waals surface area contributed by atoms with Crippen molar-refractivity contribution in [1.82, 2.24) is 9.97 Å². The summed E-state index contributed by atoms with van der Waals surface area (Å²) in [5.41, 5.74) is 2.45. The SMILES string of the molecule is COc1ccc2sc(NC(=O)C[C@H](C(=O)Nc3nc4cc(OC)ccc4s3)[C@@H](C)c3ccccc3)nc2c1. The maximum Gasteiger partial charge on any atom is 0.230 e. The number of benzene rings is 3. The fourth-order valence-corrected chi connectivity index (χ4v) is 5.94. The van der Waals surface area contributed by atoms with E-state index in [2.05, 4.69) is 20.6 Å². The minimum absolute atomic E-state index is 0.0140. The zero-order valence-corrected chi connectivity index (χ0v) is 22.7. The summed E-state index contributed by atoms with van der Waals surface area (Å²) in [6.07, 6.45) is -0.0140. The third-order valence-electron chi connectivity index (χ3n) is 6.34. The van der Waals surface area contributed by atoms with Crippen molar-refractivity contribution in [3.63, 3.8) is 0 Å². The van der Waals surface area contributed by atoms with Crippen molar-refractivity contribution in [2.75, 3.05) is 24.9 Å². The van der Waals surface area contributed by atoms with Crippen LogP contribution in [0.15, 0.2) is 66.7 Å². The zero-order chi connectivity index (χ0) is 26.6. The van der Waals surface area contributed by atoms with Crippen LogP contribution < -0.4 is 20.1 Å². The van der Waals surface area contributed by atoms with Crippen molar-refractivity contribution in [2.45, 2.75) is 19.3 Å². The Labute approximate surface area is 227 Å². The lowest BCUT2D eigenvalue weighted by Gasteiger charge is -2.22. The summed E-state index contributed by atoms with van der Waals surface area (Å²) in [4.78, 5) is 35.8. The molecule has 2 amide bonds. The molecule has 0 unspecified atom stereocenters. The van der Waals surface area contributed by atoms with Crippen molar-refractivity contribution >= 4 is 65.2 Å². The molecule has 2 N–H and O–H groups in total. The molecular formula is C28H26N4O4S2. The first-order valence-electron chi connectivity index (χ1n) is 12.0. The number of nitrogens with one attached hydrogen (secondary N) is 2. The average molecular weight is 547 g/mol. The molecule has 0 aliphatic rings. The van der Waals surface area contributed by atoms with E-state index in [9.17, 15) is 9.59 Å². The number of thiazole rings is 2. The Hall–Kier alpha value is -4.02. The highest BCUT2D eigenvalue weighted by molar-refractivity contribution is 7.22. The van der Waals surface area contributed by atoms with Gasteiger partial charge in [-0.25, -0.2) is 9.97 Å². The van der Waals surface area contributed by atoms with Gasteiger partial charge >= 0.3 is 0 Å². The van der Waals surface area contributed by atoms with Crippen LogP contribution in [0.2, 0.25) is 0 Å². The fourth-order valence-electron chi connectivity index (χ4n) is 4.23. The van der Waals surface area contributed by atoms with E-state index >= 15 is 0 Å². The Kier molecular flexibility index (Phi) is 7.52. The molecular weight excluding hydrogens is 520 g/mol. The molecule has 2 atom stereocenters. The van der Waals surface area contributed by atoms with Gasteiger partial charge in [-0.2, -0.15) is 0 Å². The van der Waals surface area contributed by atoms with Gasteiger partial charge in [0.05, 0.1) is 40.6 Å². The van der Waals surface area contributed by atoms with Crippen LogP contribution >= 0.6 is 22.7 Å². The number of hydrogen-bond donors (Lipinski definition) is 2. The predicted octanol–water partition coefficient (Wildman–Crippen LogP) is 6.31. The quantitative estimate of drug-likeness (QED) is 0.225. The first kappa shape index (κ1) is 25.6. The molecule has 0 bridgehead atoms. The number of ether oxygens (including phenoxy) is 2. The van der Waals surface area contributed by atoms with E-state index in [1.54, 1.807) is 14.2 Å². The standard InChI is InChI=1S/C28H26N4O4S2/c1-16(17-7-5-4-6-8-17)20(26(34)32-28-30-22-14-19(36-3)10-12-24(22)38-28)15-25(33)31-27-29-21-13-18(35-2)9-11-23(21)37-27/h4-14,16,20H,15H2,1-3H3,(H,29,31,33)(H,30,32,34)/t16-,20-/m0/s1. The number of aromatic nitrogens is 2. The van der Waals surface area contributed by atoms with E-state index in [1.165, 1.54) is 22.7 Å². The number of amides is 2. The minimum atomic E-state index is -0.631. The number of hydrogen-bond acceptors (Lipinski definition) is 8. The second-order valence-electron chi connectivity index (χ2n) is 8.75. The fraction of sp³-hybridized carbons (Fsp3) is 0.214. The smallest absolute Gasteiger partial charge is 0.230 e. The molecule has 10 heteroatoms. The van der Waals surface area contributed by atoms with Gasteiger partial charge in [-0.15, -0.1) is 0 Å². The summed E-state index contributed by atoms with van der Waals surface area (Å²) in [6.45, 7) is 1.96. The van der Waals surface area contributed by atoms with Gasteiger partial charge in [-0.05, 0) is 35.7 Å². The highest BCUT2D eigenvalue weighted by Gasteiger charge is 2.30. The molecule has 0 aliphatic carbocycles. The van der Waals surface area contributed by atoms with E-state index in [0.717, 1.165) is 26.0 Å². The van der Waals surface area contributed by atoms with E-state index in [-0.39, 0.29) is 24.2 Å². The van der Waals surface area contributed by atoms with E-state index in [1.807, 2.05) is 73.7 Å². The lowest BCUT2D eigenvalue weighted by Crippen LogP contribution is -2.31. The summed E-state index contributed by atoms with van der Waals surface area (Å²) in [5.74, 6) is -0.00220. The zero-order valence-electron chi connectivity index (χ0n) is 21.1. The number of nitrogens with zero attached hydrogens (tertiary/aromatic N) is 2. The van der Waals surface area contributed by atoms with Gasteiger partial charge in [0, 0.05) is 18.6 Å². The van der Waals surface area contributed by atoms with Gasteiger partial charge < -0.3 is 20.1 Å². The number of fused-ring (bicyclic) bond motifs is 2. The summed E-state index contributed by atoms with van der Waals surface area (Å²) in [7, 11) is 3.20. The van der Waals surface area contributed by atoms with Crippen LogP contribution in [0.5, 0.6) is 11.5 Å². The van der Waals surface area contributed by atoms with Crippen molar-refractivity contribution in [3.05, 3.63) is 72.3 Å². The van der Waals surface area contributed by atoms with Crippen molar-refractivity contribution < 1.29 is 19.1 Å². The second kappa shape index (κ2) is 11.2. The van der Waals surface area contributed by atoms with Gasteiger partial charge in [0.25, 0.3) is 0 Å². The van der Waals surface area contributed by atoms with Gasteiger partial charge in [0.15, 0.2) is 10.3 Å². The lowest BCUT2D eigenvalue weighted by atomic mass is 9.84. The maximum absolute atomic E-state index is 13.6. The van der Waals surface area contributed by atoms with Crippen LogP contribution in [0.25, 0.3) is 20.4 Å². The molecule has 3 aromatic carbocycles. The molecule has 0 spiro atoms. The molecule has 0 fully saturated rings. The Balaban J connectivity index is 1.36. The molecule has 38 heavy (non-hydrogen) atoms. The molecule has 2 heterocycles. The minimum Gasteiger partial charge on any atom is -0.497 e. The summed E-state index contributed by atoms with van der Waals surface area (Å²) in [5, 5.41) is 6.78. The van der Waals surface area contributed by atoms with E-state index in [0.29, 0.717) is 21.8 Å². The number of methoxy groups -OCH3 is 2. The topological polar surface area (TPSA) is 102 Å². The Morgan fingerprint density at radius 2 is 1.37 bits per heavy atom. The Morgan fingerprint density at radius 3 is 1.92 bits per heavy atom. The van der Waals surface area contributed by atoms with Gasteiger partial charge in [0.1, 0.15) is 11.5 Å². The molecule has 0 saturated heterocycles. The summed E-state index contributed by atoms with van der Waals surface area (Å²) in [6, 6.07) is 20.9. The molecule has 2 aromatic heterocycles. The van der Waals surface area contributed by atoms with Crippen LogP contribution in [-0.4, -0.2) is 36.0 Å². The molecule has 0 saturated carbocycles. The van der Waals surface area contributed by atoms with Crippen LogP contribution in [-0.2, 0) is 9.59 Å². The van der Waals surface area contributed by atoms with E-state index < -0.39 is 5.92 Å². The monoisotopic (exact) mass is 546 g/mol. The maximum atomic E-state index is 13.6. The Morgan fingerprint density at radius 1 is 0.816 bits per heavy atom. The van der Waals surface area contributed by atoms with Crippen LogP contribution in [0, 0.1) is 5.92 Å². The summed E-state index contributed by atoms with van der Waals surface area (Å²) < 4.78 is 12.4. The first-order valence-corrected chi connectivity index (χ1v) is 13.6. The number of rotatable bonds is 9. The number of carbonyl (C=O) groups is 2. The van der Waals surface area contributed by atoms with Crippen LogP contribution in [0.4, 0.5) is 10.3 Å². The second-order valence-corrected chi connectivity index (χ2v) is 10.8. The third kappa shape index (κ3) is 5.61. The average Bonchev–Trinajstić information content (AvgIpc) is 3.53. The van der Waals surface area contributed by atoms with Gasteiger partial charge in [-0.1, -0.05) is 59.9 Å². The first-order chi connectivity index (χ1) is 18.4. The normalized spacial score (nSPS) is 12.7. The molecule has 194 valence electrons. The third-order valence-corrected chi connectivity index (χ3v) is 8.24. The molecule has 0 aliphatic heterocycles. The predicted molar refractivity (Wildman–Crippen MR) is 153 cm³/mol. The van der Waals surface area contributed by atoms with Crippen LogP contribution in [0.3, 0.4) is 0 Å². The van der Waals surface area contributed by atoms with E-state index in [4.69, 9.17) is 9.47 Å². The van der Waals surface area contributed by atoms with Gasteiger partial charge in [0.2, 0.25) is 11.8 Å². The van der Waals surface area contributed by atoms with Crippen LogP contribution in [0.1, 0.15) is 24.8 Å². The Bertz CT molecular complexity index is 1600. The molecule has 5 aromatic rings.